The molecule has 1 spiro atoms. The minimum atomic E-state index is -0.496. The maximum atomic E-state index is 11.7. The summed E-state index contributed by atoms with van der Waals surface area (Å²) in [4.78, 5) is 18.8. The SMILES string of the molecule is CC[C@H]1Cc2ncc(C(=O)NO)cc2CN1C1CC2(CCOCC2)C1. The summed E-state index contributed by atoms with van der Waals surface area (Å²) in [6, 6.07) is 3.04. The number of carbonyl (C=O) groups excluding carboxylic acids is 1. The molecule has 6 heteroatoms. The van der Waals surface area contributed by atoms with E-state index in [1.54, 1.807) is 11.7 Å². The van der Waals surface area contributed by atoms with Gasteiger partial charge in [-0.2, -0.15) is 0 Å². The summed E-state index contributed by atoms with van der Waals surface area (Å²) in [5.74, 6) is -0.496. The van der Waals surface area contributed by atoms with Crippen LogP contribution >= 0.6 is 0 Å². The number of ether oxygens (including phenoxy) is 1. The van der Waals surface area contributed by atoms with E-state index in [4.69, 9.17) is 9.94 Å². The molecule has 3 aliphatic rings. The Bertz CT molecular complexity index is 649. The topological polar surface area (TPSA) is 74.7 Å². The molecule has 1 atom stereocenters. The number of rotatable bonds is 3. The van der Waals surface area contributed by atoms with Gasteiger partial charge in [0.05, 0.1) is 5.56 Å². The van der Waals surface area contributed by atoms with Crippen LogP contribution in [0.4, 0.5) is 0 Å². The van der Waals surface area contributed by atoms with Gasteiger partial charge in [-0.1, -0.05) is 6.92 Å². The lowest BCUT2D eigenvalue weighted by atomic mass is 9.60. The summed E-state index contributed by atoms with van der Waals surface area (Å²) < 4.78 is 5.54. The molecule has 1 aromatic rings. The Kier molecular flexibility index (Phi) is 4.52. The number of hydroxylamine groups is 1. The summed E-state index contributed by atoms with van der Waals surface area (Å²) in [6.45, 7) is 4.93. The van der Waals surface area contributed by atoms with Crippen molar-refractivity contribution in [2.45, 2.75) is 64.1 Å². The van der Waals surface area contributed by atoms with Crippen molar-refractivity contribution >= 4 is 5.91 Å². The zero-order valence-electron chi connectivity index (χ0n) is 14.8. The fourth-order valence-corrected chi connectivity index (χ4v) is 4.91. The monoisotopic (exact) mass is 345 g/mol. The Labute approximate surface area is 148 Å². The van der Waals surface area contributed by atoms with E-state index in [9.17, 15) is 4.79 Å². The molecule has 1 aromatic heterocycles. The van der Waals surface area contributed by atoms with Gasteiger partial charge in [-0.05, 0) is 49.1 Å². The second-order valence-corrected chi connectivity index (χ2v) is 7.88. The number of carbonyl (C=O) groups is 1. The maximum absolute atomic E-state index is 11.7. The third-order valence-corrected chi connectivity index (χ3v) is 6.51. The van der Waals surface area contributed by atoms with Gasteiger partial charge >= 0.3 is 0 Å². The lowest BCUT2D eigenvalue weighted by Crippen LogP contribution is -2.57. The van der Waals surface area contributed by atoms with E-state index >= 15 is 0 Å². The van der Waals surface area contributed by atoms with E-state index in [0.29, 0.717) is 23.1 Å². The van der Waals surface area contributed by atoms with Crippen LogP contribution in [0, 0.1) is 5.41 Å². The molecule has 2 aliphatic heterocycles. The Morgan fingerprint density at radius 3 is 2.88 bits per heavy atom. The molecule has 1 saturated carbocycles. The first-order valence-electron chi connectivity index (χ1n) is 9.40. The number of pyridine rings is 1. The zero-order valence-corrected chi connectivity index (χ0v) is 14.8. The van der Waals surface area contributed by atoms with Crippen molar-refractivity contribution in [2.75, 3.05) is 13.2 Å². The summed E-state index contributed by atoms with van der Waals surface area (Å²) in [6.07, 6.45) is 8.57. The molecule has 0 unspecified atom stereocenters. The molecule has 4 rings (SSSR count). The first-order valence-corrected chi connectivity index (χ1v) is 9.40. The summed E-state index contributed by atoms with van der Waals surface area (Å²) in [5.41, 5.74) is 4.85. The average Bonchev–Trinajstić information content (AvgIpc) is 2.64. The highest BCUT2D eigenvalue weighted by Gasteiger charge is 2.48. The summed E-state index contributed by atoms with van der Waals surface area (Å²) in [7, 11) is 0. The third-order valence-electron chi connectivity index (χ3n) is 6.51. The lowest BCUT2D eigenvalue weighted by molar-refractivity contribution is -0.0902. The molecule has 0 bridgehead atoms. The number of nitrogens with zero attached hydrogens (tertiary/aromatic N) is 2. The molecular weight excluding hydrogens is 318 g/mol. The predicted octanol–water partition coefficient (Wildman–Crippen LogP) is 2.30. The first-order chi connectivity index (χ1) is 12.1. The molecule has 0 aromatic carbocycles. The fraction of sp³-hybridized carbons (Fsp3) is 0.684. The van der Waals surface area contributed by atoms with Gasteiger partial charge in [-0.15, -0.1) is 0 Å². The van der Waals surface area contributed by atoms with Crippen LogP contribution in [0.1, 0.15) is 60.6 Å². The van der Waals surface area contributed by atoms with E-state index < -0.39 is 5.91 Å². The van der Waals surface area contributed by atoms with Gasteiger partial charge < -0.3 is 4.74 Å². The van der Waals surface area contributed by atoms with E-state index in [-0.39, 0.29) is 0 Å². The molecule has 1 aliphatic carbocycles. The van der Waals surface area contributed by atoms with Crippen LogP contribution in [0.3, 0.4) is 0 Å². The fourth-order valence-electron chi connectivity index (χ4n) is 4.91. The molecule has 3 heterocycles. The van der Waals surface area contributed by atoms with Gasteiger partial charge in [0, 0.05) is 50.2 Å². The van der Waals surface area contributed by atoms with Crippen molar-refractivity contribution < 1.29 is 14.7 Å². The van der Waals surface area contributed by atoms with Crippen molar-refractivity contribution in [3.63, 3.8) is 0 Å². The molecular formula is C19H27N3O3. The van der Waals surface area contributed by atoms with Gasteiger partial charge in [0.1, 0.15) is 0 Å². The molecule has 0 radical (unpaired) electrons. The van der Waals surface area contributed by atoms with Crippen LogP contribution < -0.4 is 5.48 Å². The van der Waals surface area contributed by atoms with Crippen LogP contribution in [-0.4, -0.2) is 46.3 Å². The van der Waals surface area contributed by atoms with Crippen molar-refractivity contribution in [2.24, 2.45) is 5.41 Å². The molecule has 136 valence electrons. The Morgan fingerprint density at radius 1 is 1.44 bits per heavy atom. The molecule has 1 saturated heterocycles. The number of aromatic nitrogens is 1. The molecule has 6 nitrogen and oxygen atoms in total. The van der Waals surface area contributed by atoms with Crippen molar-refractivity contribution in [3.8, 4) is 0 Å². The van der Waals surface area contributed by atoms with Gasteiger partial charge in [0.15, 0.2) is 0 Å². The number of nitrogens with one attached hydrogen (secondary N) is 1. The van der Waals surface area contributed by atoms with E-state index in [2.05, 4.69) is 16.8 Å². The largest absolute Gasteiger partial charge is 0.381 e. The molecule has 2 N–H and O–H groups in total. The third kappa shape index (κ3) is 3.07. The lowest BCUT2D eigenvalue weighted by Gasteiger charge is -2.56. The Hall–Kier alpha value is -1.50. The second-order valence-electron chi connectivity index (χ2n) is 7.88. The van der Waals surface area contributed by atoms with Gasteiger partial charge in [-0.25, -0.2) is 5.48 Å². The average molecular weight is 345 g/mol. The predicted molar refractivity (Wildman–Crippen MR) is 92.3 cm³/mol. The van der Waals surface area contributed by atoms with Crippen molar-refractivity contribution in [3.05, 3.63) is 29.1 Å². The van der Waals surface area contributed by atoms with Crippen LogP contribution in [0.25, 0.3) is 0 Å². The number of hydrogen-bond acceptors (Lipinski definition) is 5. The van der Waals surface area contributed by atoms with Gasteiger partial charge in [0.25, 0.3) is 5.91 Å². The number of amides is 1. The maximum Gasteiger partial charge on any atom is 0.276 e. The minimum absolute atomic E-state index is 0.422. The Morgan fingerprint density at radius 2 is 2.20 bits per heavy atom. The summed E-state index contributed by atoms with van der Waals surface area (Å²) in [5, 5.41) is 8.85. The van der Waals surface area contributed by atoms with Crippen LogP contribution in [0.15, 0.2) is 12.3 Å². The van der Waals surface area contributed by atoms with E-state index in [1.807, 2.05) is 6.07 Å². The highest BCUT2D eigenvalue weighted by Crippen LogP contribution is 2.51. The van der Waals surface area contributed by atoms with Gasteiger partial charge in [-0.3, -0.25) is 19.9 Å². The Balaban J connectivity index is 1.51. The highest BCUT2D eigenvalue weighted by atomic mass is 16.5. The zero-order chi connectivity index (χ0) is 17.4. The van der Waals surface area contributed by atoms with E-state index in [1.165, 1.54) is 25.7 Å². The van der Waals surface area contributed by atoms with Gasteiger partial charge in [0.2, 0.25) is 0 Å². The van der Waals surface area contributed by atoms with Crippen LogP contribution in [-0.2, 0) is 17.7 Å². The van der Waals surface area contributed by atoms with E-state index in [0.717, 1.165) is 43.9 Å². The quantitative estimate of drug-likeness (QED) is 0.649. The minimum Gasteiger partial charge on any atom is -0.381 e. The van der Waals surface area contributed by atoms with Crippen molar-refractivity contribution in [1.82, 2.24) is 15.4 Å². The highest BCUT2D eigenvalue weighted by molar-refractivity contribution is 5.93. The summed E-state index contributed by atoms with van der Waals surface area (Å²) >= 11 is 0. The van der Waals surface area contributed by atoms with Crippen molar-refractivity contribution in [1.29, 1.82) is 0 Å². The molecule has 1 amide bonds. The number of hydrogen-bond donors (Lipinski definition) is 2. The standard InChI is InChI=1S/C19H27N3O3/c1-2-15-8-17-14(7-13(11-20-17)18(23)21-24)12-22(15)16-9-19(10-16)3-5-25-6-4-19/h7,11,15-16,24H,2-6,8-10,12H2,1H3,(H,21,23)/t15-/m0/s1. The van der Waals surface area contributed by atoms with Crippen LogP contribution in [0.2, 0.25) is 0 Å². The molecule has 25 heavy (non-hydrogen) atoms. The molecule has 2 fully saturated rings. The first kappa shape index (κ1) is 16.9. The second kappa shape index (κ2) is 6.67. The smallest absolute Gasteiger partial charge is 0.276 e. The number of fused-ring (bicyclic) bond motifs is 1. The van der Waals surface area contributed by atoms with Crippen LogP contribution in [0.5, 0.6) is 0 Å². The normalized spacial score (nSPS) is 26.1.